The molecule has 0 bridgehead atoms. The number of nitrogens with one attached hydrogen (secondary N) is 1. The molecule has 1 saturated carbocycles. The SMILES string of the molecule is C[C@H]1C(=O)Nc2ccc(S(=O)(=O)N(C)C3CCCCC3)cc21. The Morgan fingerprint density at radius 1 is 1.18 bits per heavy atom. The van der Waals surface area contributed by atoms with Crippen LogP contribution < -0.4 is 5.32 Å². The monoisotopic (exact) mass is 322 g/mol. The molecule has 0 radical (unpaired) electrons. The van der Waals surface area contributed by atoms with Gasteiger partial charge in [-0.25, -0.2) is 8.42 Å². The Balaban J connectivity index is 1.91. The van der Waals surface area contributed by atoms with Gasteiger partial charge in [0.1, 0.15) is 0 Å². The molecule has 1 aliphatic heterocycles. The lowest BCUT2D eigenvalue weighted by molar-refractivity contribution is -0.116. The van der Waals surface area contributed by atoms with E-state index in [0.29, 0.717) is 0 Å². The van der Waals surface area contributed by atoms with Gasteiger partial charge >= 0.3 is 0 Å². The van der Waals surface area contributed by atoms with Gasteiger partial charge in [-0.2, -0.15) is 4.31 Å². The maximum Gasteiger partial charge on any atom is 0.243 e. The third-order valence-corrected chi connectivity index (χ3v) is 6.81. The number of sulfonamides is 1. The Kier molecular flexibility index (Phi) is 3.99. The highest BCUT2D eigenvalue weighted by atomic mass is 32.2. The zero-order valence-electron chi connectivity index (χ0n) is 13.0. The molecule has 0 aromatic heterocycles. The highest BCUT2D eigenvalue weighted by molar-refractivity contribution is 7.89. The Morgan fingerprint density at radius 3 is 2.55 bits per heavy atom. The molecule has 1 atom stereocenters. The van der Waals surface area contributed by atoms with Gasteiger partial charge in [0, 0.05) is 18.8 Å². The van der Waals surface area contributed by atoms with E-state index in [1.807, 2.05) is 0 Å². The van der Waals surface area contributed by atoms with E-state index in [1.54, 1.807) is 32.2 Å². The van der Waals surface area contributed by atoms with Crippen molar-refractivity contribution in [3.8, 4) is 0 Å². The standard InChI is InChI=1S/C16H22N2O3S/c1-11-14-10-13(8-9-15(14)17-16(11)19)22(20,21)18(2)12-6-4-3-5-7-12/h8-12H,3-7H2,1-2H3,(H,17,19)/t11-/m1/s1. The number of benzene rings is 1. The molecule has 6 heteroatoms. The normalized spacial score (nSPS) is 22.7. The Bertz CT molecular complexity index is 693. The number of fused-ring (bicyclic) bond motifs is 1. The summed E-state index contributed by atoms with van der Waals surface area (Å²) in [6, 6.07) is 5.01. The molecule has 5 nitrogen and oxygen atoms in total. The predicted octanol–water partition coefficient (Wildman–Crippen LogP) is 2.70. The van der Waals surface area contributed by atoms with Crippen molar-refractivity contribution in [3.63, 3.8) is 0 Å². The highest BCUT2D eigenvalue weighted by Crippen LogP contribution is 2.35. The smallest absolute Gasteiger partial charge is 0.243 e. The molecule has 1 N–H and O–H groups in total. The lowest BCUT2D eigenvalue weighted by atomic mass is 9.96. The summed E-state index contributed by atoms with van der Waals surface area (Å²) in [4.78, 5) is 12.0. The topological polar surface area (TPSA) is 66.5 Å². The number of carbonyl (C=O) groups is 1. The minimum atomic E-state index is -3.51. The molecule has 0 unspecified atom stereocenters. The van der Waals surface area contributed by atoms with Crippen LogP contribution in [0.25, 0.3) is 0 Å². The van der Waals surface area contributed by atoms with Crippen LogP contribution in [0.2, 0.25) is 0 Å². The highest BCUT2D eigenvalue weighted by Gasteiger charge is 2.32. The minimum absolute atomic E-state index is 0.0785. The predicted molar refractivity (Wildman–Crippen MR) is 85.3 cm³/mol. The van der Waals surface area contributed by atoms with Gasteiger partial charge in [-0.1, -0.05) is 19.3 Å². The van der Waals surface area contributed by atoms with Gasteiger partial charge in [-0.05, 0) is 43.5 Å². The maximum atomic E-state index is 12.8. The maximum absolute atomic E-state index is 12.8. The van der Waals surface area contributed by atoms with Gasteiger partial charge in [0.25, 0.3) is 0 Å². The number of rotatable bonds is 3. The molecule has 0 spiro atoms. The summed E-state index contributed by atoms with van der Waals surface area (Å²) in [5.74, 6) is -0.379. The van der Waals surface area contributed by atoms with Crippen LogP contribution in [0.15, 0.2) is 23.1 Å². The summed E-state index contributed by atoms with van der Waals surface area (Å²) in [6.07, 6.45) is 5.22. The first-order valence-corrected chi connectivity index (χ1v) is 9.28. The van der Waals surface area contributed by atoms with Gasteiger partial charge < -0.3 is 5.32 Å². The molecular formula is C16H22N2O3S. The molecule has 1 amide bonds. The van der Waals surface area contributed by atoms with Crippen molar-refractivity contribution in [3.05, 3.63) is 23.8 Å². The molecular weight excluding hydrogens is 300 g/mol. The third-order valence-electron chi connectivity index (χ3n) is 4.91. The van der Waals surface area contributed by atoms with Gasteiger partial charge in [-0.15, -0.1) is 0 Å². The molecule has 120 valence electrons. The van der Waals surface area contributed by atoms with Crippen molar-refractivity contribution >= 4 is 21.6 Å². The van der Waals surface area contributed by atoms with Gasteiger partial charge in [0.05, 0.1) is 10.8 Å². The minimum Gasteiger partial charge on any atom is -0.325 e. The van der Waals surface area contributed by atoms with Crippen LogP contribution in [0.4, 0.5) is 5.69 Å². The largest absolute Gasteiger partial charge is 0.325 e. The van der Waals surface area contributed by atoms with Crippen LogP contribution in [-0.4, -0.2) is 31.7 Å². The average molecular weight is 322 g/mol. The molecule has 1 fully saturated rings. The van der Waals surface area contributed by atoms with Crippen molar-refractivity contribution in [1.82, 2.24) is 4.31 Å². The lowest BCUT2D eigenvalue weighted by Gasteiger charge is -2.30. The van der Waals surface area contributed by atoms with Crippen LogP contribution in [-0.2, 0) is 14.8 Å². The first-order valence-electron chi connectivity index (χ1n) is 7.84. The van der Waals surface area contributed by atoms with Crippen molar-refractivity contribution in [2.75, 3.05) is 12.4 Å². The molecule has 0 saturated heterocycles. The van der Waals surface area contributed by atoms with Crippen molar-refractivity contribution in [2.24, 2.45) is 0 Å². The van der Waals surface area contributed by atoms with E-state index in [1.165, 1.54) is 10.7 Å². The van der Waals surface area contributed by atoms with Crippen LogP contribution in [0, 0.1) is 0 Å². The number of nitrogens with zero attached hydrogens (tertiary/aromatic N) is 1. The molecule has 1 heterocycles. The fraction of sp³-hybridized carbons (Fsp3) is 0.562. The second-order valence-electron chi connectivity index (χ2n) is 6.27. The van der Waals surface area contributed by atoms with Crippen LogP contribution in [0.1, 0.15) is 50.5 Å². The zero-order valence-corrected chi connectivity index (χ0v) is 13.8. The zero-order chi connectivity index (χ0) is 15.9. The number of amides is 1. The van der Waals surface area contributed by atoms with Crippen LogP contribution in [0.3, 0.4) is 0 Å². The molecule has 2 aliphatic rings. The van der Waals surface area contributed by atoms with E-state index in [0.717, 1.165) is 36.9 Å². The molecule has 1 aromatic carbocycles. The molecule has 22 heavy (non-hydrogen) atoms. The second-order valence-corrected chi connectivity index (χ2v) is 8.27. The Labute approximate surface area is 131 Å². The second kappa shape index (κ2) is 5.66. The van der Waals surface area contributed by atoms with Gasteiger partial charge in [0.2, 0.25) is 15.9 Å². The number of hydrogen-bond acceptors (Lipinski definition) is 3. The number of hydrogen-bond donors (Lipinski definition) is 1. The lowest BCUT2D eigenvalue weighted by Crippen LogP contribution is -2.38. The van der Waals surface area contributed by atoms with Crippen molar-refractivity contribution in [2.45, 2.75) is 55.9 Å². The number of anilines is 1. The van der Waals surface area contributed by atoms with E-state index >= 15 is 0 Å². The van der Waals surface area contributed by atoms with Gasteiger partial charge in [-0.3, -0.25) is 4.79 Å². The summed E-state index contributed by atoms with van der Waals surface area (Å²) in [7, 11) is -1.83. The number of carbonyl (C=O) groups excluding carboxylic acids is 1. The summed E-state index contributed by atoms with van der Waals surface area (Å²) in [5.41, 5.74) is 1.49. The Hall–Kier alpha value is -1.40. The molecule has 3 rings (SSSR count). The first kappa shape index (κ1) is 15.5. The quantitative estimate of drug-likeness (QED) is 0.930. The summed E-state index contributed by atoms with van der Waals surface area (Å²) < 4.78 is 27.2. The van der Waals surface area contributed by atoms with Crippen LogP contribution in [0.5, 0.6) is 0 Å². The summed E-state index contributed by atoms with van der Waals surface area (Å²) >= 11 is 0. The average Bonchev–Trinajstić information content (AvgIpc) is 2.82. The first-order chi connectivity index (χ1) is 10.4. The molecule has 1 aromatic rings. The fourth-order valence-electron chi connectivity index (χ4n) is 3.36. The Morgan fingerprint density at radius 2 is 1.86 bits per heavy atom. The third kappa shape index (κ3) is 2.54. The van der Waals surface area contributed by atoms with E-state index in [2.05, 4.69) is 5.32 Å². The van der Waals surface area contributed by atoms with Crippen LogP contribution >= 0.6 is 0 Å². The summed E-state index contributed by atoms with van der Waals surface area (Å²) in [5, 5.41) is 2.77. The van der Waals surface area contributed by atoms with E-state index in [9.17, 15) is 13.2 Å². The molecule has 1 aliphatic carbocycles. The van der Waals surface area contributed by atoms with Crippen molar-refractivity contribution < 1.29 is 13.2 Å². The van der Waals surface area contributed by atoms with Gasteiger partial charge in [0.15, 0.2) is 0 Å². The summed E-state index contributed by atoms with van der Waals surface area (Å²) in [6.45, 7) is 1.79. The van der Waals surface area contributed by atoms with E-state index in [-0.39, 0.29) is 22.8 Å². The van der Waals surface area contributed by atoms with E-state index < -0.39 is 10.0 Å². The van der Waals surface area contributed by atoms with Crippen molar-refractivity contribution in [1.29, 1.82) is 0 Å². The van der Waals surface area contributed by atoms with E-state index in [4.69, 9.17) is 0 Å². The fourth-order valence-corrected chi connectivity index (χ4v) is 4.81.